The number of nitrogens with two attached hydrogens (primary N) is 1. The van der Waals surface area contributed by atoms with Crippen molar-refractivity contribution >= 4 is 15.9 Å². The molecule has 0 fully saturated rings. The van der Waals surface area contributed by atoms with Crippen molar-refractivity contribution in [3.05, 3.63) is 51.8 Å². The topological polar surface area (TPSA) is 48.1 Å². The fraction of sp³-hybridized carbons (Fsp3) is 0.312. The van der Waals surface area contributed by atoms with Gasteiger partial charge in [-0.05, 0) is 56.1 Å². The van der Waals surface area contributed by atoms with E-state index in [1.165, 1.54) is 0 Å². The second kappa shape index (κ2) is 6.86. The smallest absolute Gasteiger partial charge is 0.148 e. The van der Waals surface area contributed by atoms with E-state index in [2.05, 4.69) is 27.8 Å². The minimum absolute atomic E-state index is 0.602. The third-order valence-electron chi connectivity index (χ3n) is 3.07. The predicted octanol–water partition coefficient (Wildman–Crippen LogP) is 4.01. The average molecular weight is 335 g/mol. The SMILES string of the molecule is CCc1nc(C)ccc1Oc1cc(Br)ccc1CCN. The van der Waals surface area contributed by atoms with Crippen LogP contribution in [0.5, 0.6) is 11.5 Å². The van der Waals surface area contributed by atoms with Crippen molar-refractivity contribution < 1.29 is 4.74 Å². The zero-order chi connectivity index (χ0) is 14.5. The van der Waals surface area contributed by atoms with Gasteiger partial charge in [0.1, 0.15) is 11.5 Å². The number of nitrogens with zero attached hydrogens (tertiary/aromatic N) is 1. The molecular formula is C16H19BrN2O. The number of benzene rings is 1. The first-order valence-corrected chi connectivity index (χ1v) is 7.56. The number of ether oxygens (including phenoxy) is 1. The van der Waals surface area contributed by atoms with Crippen molar-refractivity contribution in [2.75, 3.05) is 6.54 Å². The van der Waals surface area contributed by atoms with Crippen molar-refractivity contribution in [1.29, 1.82) is 0 Å². The number of hydrogen-bond donors (Lipinski definition) is 1. The second-order valence-corrected chi connectivity index (χ2v) is 5.56. The summed E-state index contributed by atoms with van der Waals surface area (Å²) in [6, 6.07) is 9.97. The maximum Gasteiger partial charge on any atom is 0.148 e. The Morgan fingerprint density at radius 3 is 2.70 bits per heavy atom. The number of aryl methyl sites for hydroxylation is 2. The largest absolute Gasteiger partial charge is 0.455 e. The highest BCUT2D eigenvalue weighted by molar-refractivity contribution is 9.10. The van der Waals surface area contributed by atoms with Crippen molar-refractivity contribution in [3.8, 4) is 11.5 Å². The summed E-state index contributed by atoms with van der Waals surface area (Å²) in [5.41, 5.74) is 8.75. The monoisotopic (exact) mass is 334 g/mol. The molecular weight excluding hydrogens is 316 g/mol. The normalized spacial score (nSPS) is 10.6. The van der Waals surface area contributed by atoms with E-state index in [1.807, 2.05) is 37.3 Å². The zero-order valence-electron chi connectivity index (χ0n) is 11.8. The summed E-state index contributed by atoms with van der Waals surface area (Å²) < 4.78 is 7.06. The minimum atomic E-state index is 0.602. The molecule has 106 valence electrons. The Kier molecular flexibility index (Phi) is 5.15. The highest BCUT2D eigenvalue weighted by Gasteiger charge is 2.09. The first kappa shape index (κ1) is 15.0. The third kappa shape index (κ3) is 3.58. The van der Waals surface area contributed by atoms with Crippen molar-refractivity contribution in [2.24, 2.45) is 5.73 Å². The number of halogens is 1. The quantitative estimate of drug-likeness (QED) is 0.898. The Hall–Kier alpha value is -1.39. The lowest BCUT2D eigenvalue weighted by molar-refractivity contribution is 0.466. The number of pyridine rings is 1. The van der Waals surface area contributed by atoms with E-state index in [4.69, 9.17) is 10.5 Å². The lowest BCUT2D eigenvalue weighted by atomic mass is 10.1. The fourth-order valence-electron chi connectivity index (χ4n) is 2.05. The molecule has 1 aromatic heterocycles. The van der Waals surface area contributed by atoms with E-state index in [9.17, 15) is 0 Å². The van der Waals surface area contributed by atoms with Gasteiger partial charge in [-0.15, -0.1) is 0 Å². The number of hydrogen-bond acceptors (Lipinski definition) is 3. The van der Waals surface area contributed by atoms with Crippen LogP contribution in [0.3, 0.4) is 0 Å². The minimum Gasteiger partial charge on any atom is -0.455 e. The van der Waals surface area contributed by atoms with Crippen LogP contribution in [0.4, 0.5) is 0 Å². The number of rotatable bonds is 5. The van der Waals surface area contributed by atoms with Gasteiger partial charge >= 0.3 is 0 Å². The molecule has 3 nitrogen and oxygen atoms in total. The van der Waals surface area contributed by atoms with E-state index in [1.54, 1.807) is 0 Å². The van der Waals surface area contributed by atoms with E-state index in [0.717, 1.165) is 45.8 Å². The van der Waals surface area contributed by atoms with Crippen LogP contribution in [0.1, 0.15) is 23.9 Å². The van der Waals surface area contributed by atoms with Crippen LogP contribution >= 0.6 is 15.9 Å². The van der Waals surface area contributed by atoms with Gasteiger partial charge in [0.05, 0.1) is 5.69 Å². The van der Waals surface area contributed by atoms with E-state index in [-0.39, 0.29) is 0 Å². The van der Waals surface area contributed by atoms with Crippen molar-refractivity contribution in [2.45, 2.75) is 26.7 Å². The summed E-state index contributed by atoms with van der Waals surface area (Å²) >= 11 is 3.48. The Balaban J connectivity index is 2.36. The van der Waals surface area contributed by atoms with Crippen molar-refractivity contribution in [3.63, 3.8) is 0 Å². The molecule has 1 aromatic carbocycles. The molecule has 0 unspecified atom stereocenters. The molecule has 0 atom stereocenters. The molecule has 0 saturated carbocycles. The Morgan fingerprint density at radius 2 is 2.00 bits per heavy atom. The van der Waals surface area contributed by atoms with Gasteiger partial charge in [0.25, 0.3) is 0 Å². The average Bonchev–Trinajstić information content (AvgIpc) is 2.44. The van der Waals surface area contributed by atoms with Crippen LogP contribution in [0, 0.1) is 6.92 Å². The molecule has 2 aromatic rings. The second-order valence-electron chi connectivity index (χ2n) is 4.64. The molecule has 0 bridgehead atoms. The van der Waals surface area contributed by atoms with E-state index in [0.29, 0.717) is 6.54 Å². The van der Waals surface area contributed by atoms with Gasteiger partial charge in [-0.25, -0.2) is 0 Å². The summed E-state index contributed by atoms with van der Waals surface area (Å²) in [7, 11) is 0. The lowest BCUT2D eigenvalue weighted by Crippen LogP contribution is -2.04. The maximum absolute atomic E-state index is 6.07. The maximum atomic E-state index is 6.07. The van der Waals surface area contributed by atoms with Gasteiger partial charge < -0.3 is 10.5 Å². The van der Waals surface area contributed by atoms with Crippen LogP contribution in [0.15, 0.2) is 34.8 Å². The molecule has 0 aliphatic heterocycles. The molecule has 2 N–H and O–H groups in total. The molecule has 0 spiro atoms. The van der Waals surface area contributed by atoms with Gasteiger partial charge in [-0.2, -0.15) is 0 Å². The highest BCUT2D eigenvalue weighted by Crippen LogP contribution is 2.30. The van der Waals surface area contributed by atoms with Crippen LogP contribution in [0.2, 0.25) is 0 Å². The molecule has 0 aliphatic carbocycles. The molecule has 2 rings (SSSR count). The predicted molar refractivity (Wildman–Crippen MR) is 85.3 cm³/mol. The number of aromatic nitrogens is 1. The molecule has 0 radical (unpaired) electrons. The third-order valence-corrected chi connectivity index (χ3v) is 3.56. The van der Waals surface area contributed by atoms with Crippen LogP contribution in [-0.4, -0.2) is 11.5 Å². The first-order chi connectivity index (χ1) is 9.63. The molecule has 4 heteroatoms. The zero-order valence-corrected chi connectivity index (χ0v) is 13.4. The summed E-state index contributed by atoms with van der Waals surface area (Å²) in [5, 5.41) is 0. The van der Waals surface area contributed by atoms with E-state index >= 15 is 0 Å². The van der Waals surface area contributed by atoms with Gasteiger partial charge in [-0.3, -0.25) is 4.98 Å². The van der Waals surface area contributed by atoms with Gasteiger partial charge in [0.2, 0.25) is 0 Å². The highest BCUT2D eigenvalue weighted by atomic mass is 79.9. The van der Waals surface area contributed by atoms with Crippen LogP contribution in [0.25, 0.3) is 0 Å². The summed E-state index contributed by atoms with van der Waals surface area (Å²) in [6.07, 6.45) is 1.64. The Bertz CT molecular complexity index is 599. The van der Waals surface area contributed by atoms with Gasteiger partial charge in [-0.1, -0.05) is 28.9 Å². The van der Waals surface area contributed by atoms with Crippen molar-refractivity contribution in [1.82, 2.24) is 4.98 Å². The Labute approximate surface area is 128 Å². The fourth-order valence-corrected chi connectivity index (χ4v) is 2.39. The van der Waals surface area contributed by atoms with Gasteiger partial charge in [0.15, 0.2) is 0 Å². The standard InChI is InChI=1S/C16H19BrN2O/c1-3-14-15(7-4-11(2)19-14)20-16-10-13(17)6-5-12(16)8-9-18/h4-7,10H,3,8-9,18H2,1-2H3. The first-order valence-electron chi connectivity index (χ1n) is 6.77. The Morgan fingerprint density at radius 1 is 1.20 bits per heavy atom. The van der Waals surface area contributed by atoms with Gasteiger partial charge in [0, 0.05) is 10.2 Å². The molecule has 0 aliphatic rings. The summed E-state index contributed by atoms with van der Waals surface area (Å²) in [4.78, 5) is 4.52. The molecule has 20 heavy (non-hydrogen) atoms. The lowest BCUT2D eigenvalue weighted by Gasteiger charge is -2.14. The molecule has 0 saturated heterocycles. The van der Waals surface area contributed by atoms with E-state index < -0.39 is 0 Å². The molecule has 1 heterocycles. The summed E-state index contributed by atoms with van der Waals surface area (Å²) in [6.45, 7) is 4.67. The molecule has 0 amide bonds. The van der Waals surface area contributed by atoms with Crippen LogP contribution in [-0.2, 0) is 12.8 Å². The van der Waals surface area contributed by atoms with Crippen LogP contribution < -0.4 is 10.5 Å². The summed E-state index contributed by atoms with van der Waals surface area (Å²) in [5.74, 6) is 1.65.